The van der Waals surface area contributed by atoms with E-state index < -0.39 is 0 Å². The number of rotatable bonds is 3. The van der Waals surface area contributed by atoms with Gasteiger partial charge in [0.15, 0.2) is 0 Å². The number of allylic oxidation sites excluding steroid dienone is 1. The Morgan fingerprint density at radius 1 is 0.633 bits per heavy atom. The Morgan fingerprint density at radius 2 is 1.10 bits per heavy atom. The van der Waals surface area contributed by atoms with Gasteiger partial charge in [-0.2, -0.15) is 5.26 Å². The topological polar surface area (TPSA) is 44.0 Å². The summed E-state index contributed by atoms with van der Waals surface area (Å²) in [4.78, 5) is 0. The summed E-state index contributed by atoms with van der Waals surface area (Å²) < 4.78 is 0. The number of aromatic hydroxyl groups is 1. The molecular weight excluding hydrogens is 366 g/mol. The van der Waals surface area contributed by atoms with Gasteiger partial charge < -0.3 is 5.11 Å². The van der Waals surface area contributed by atoms with Crippen LogP contribution in [0, 0.1) is 11.3 Å². The van der Waals surface area contributed by atoms with Crippen molar-refractivity contribution < 1.29 is 5.11 Å². The fourth-order valence-corrected chi connectivity index (χ4v) is 4.35. The number of nitrogens with zero attached hydrogens (tertiary/aromatic N) is 1. The second-order valence-electron chi connectivity index (χ2n) is 8.06. The molecule has 1 fully saturated rings. The molecule has 4 rings (SSSR count). The number of hydrogen-bond donors (Lipinski definition) is 1. The molecule has 0 atom stereocenters. The van der Waals surface area contributed by atoms with E-state index >= 15 is 0 Å². The van der Waals surface area contributed by atoms with Gasteiger partial charge in [0.1, 0.15) is 5.75 Å². The van der Waals surface area contributed by atoms with Crippen molar-refractivity contribution in [1.82, 2.24) is 0 Å². The van der Waals surface area contributed by atoms with Gasteiger partial charge in [-0.3, -0.25) is 0 Å². The van der Waals surface area contributed by atoms with Crippen LogP contribution in [0.2, 0.25) is 0 Å². The summed E-state index contributed by atoms with van der Waals surface area (Å²) in [6.45, 7) is 0. The maximum Gasteiger partial charge on any atom is 0.115 e. The van der Waals surface area contributed by atoms with Crippen molar-refractivity contribution in [1.29, 1.82) is 5.26 Å². The Balaban J connectivity index is 1.73. The van der Waals surface area contributed by atoms with E-state index in [0.717, 1.165) is 24.0 Å². The van der Waals surface area contributed by atoms with Crippen molar-refractivity contribution in [2.75, 3.05) is 0 Å². The molecule has 0 aliphatic heterocycles. The van der Waals surface area contributed by atoms with Gasteiger partial charge in [0, 0.05) is 0 Å². The molecule has 0 spiro atoms. The average molecular weight is 394 g/mol. The normalized spacial score (nSPS) is 14.4. The monoisotopic (exact) mass is 393 g/mol. The van der Waals surface area contributed by atoms with Crippen LogP contribution in [0.3, 0.4) is 0 Å². The lowest BCUT2D eigenvalue weighted by Gasteiger charge is -2.19. The highest BCUT2D eigenvalue weighted by Gasteiger charge is 2.14. The van der Waals surface area contributed by atoms with Crippen LogP contribution >= 0.6 is 0 Å². The maximum absolute atomic E-state index is 9.77. The molecule has 0 amide bonds. The van der Waals surface area contributed by atoms with Crippen molar-refractivity contribution in [3.8, 4) is 22.9 Å². The number of benzene rings is 3. The van der Waals surface area contributed by atoms with E-state index in [1.807, 2.05) is 36.4 Å². The molecule has 0 aromatic heterocycles. The molecule has 0 radical (unpaired) electrons. The standard InChI is InChI=1S/C28H27NO/c29-20-21-8-10-22(11-9-21)23-12-14-25(15-13-23)28(26-16-18-27(30)19-17-26)24-6-4-2-1-3-5-7-24/h8-19,30H,1-7H2. The fourth-order valence-electron chi connectivity index (χ4n) is 4.35. The summed E-state index contributed by atoms with van der Waals surface area (Å²) in [5.41, 5.74) is 8.21. The van der Waals surface area contributed by atoms with Gasteiger partial charge in [0.25, 0.3) is 0 Å². The molecule has 3 aromatic carbocycles. The summed E-state index contributed by atoms with van der Waals surface area (Å²) in [5, 5.41) is 18.8. The van der Waals surface area contributed by atoms with Crippen LogP contribution in [0.5, 0.6) is 5.75 Å². The molecule has 1 aliphatic rings. The summed E-state index contributed by atoms with van der Waals surface area (Å²) in [6, 6.07) is 26.3. The average Bonchev–Trinajstić information content (AvgIpc) is 2.77. The van der Waals surface area contributed by atoms with Crippen LogP contribution in [0.4, 0.5) is 0 Å². The molecule has 0 heterocycles. The summed E-state index contributed by atoms with van der Waals surface area (Å²) in [7, 11) is 0. The number of hydrogen-bond acceptors (Lipinski definition) is 2. The zero-order valence-electron chi connectivity index (χ0n) is 17.3. The van der Waals surface area contributed by atoms with Crippen molar-refractivity contribution in [3.05, 3.63) is 95.1 Å². The quantitative estimate of drug-likeness (QED) is 0.501. The van der Waals surface area contributed by atoms with Gasteiger partial charge in [0.2, 0.25) is 0 Å². The highest BCUT2D eigenvalue weighted by atomic mass is 16.3. The van der Waals surface area contributed by atoms with Gasteiger partial charge in [-0.05, 0) is 77.8 Å². The molecule has 2 nitrogen and oxygen atoms in total. The van der Waals surface area contributed by atoms with Gasteiger partial charge in [-0.15, -0.1) is 0 Å². The molecule has 3 aromatic rings. The van der Waals surface area contributed by atoms with E-state index in [4.69, 9.17) is 5.26 Å². The molecule has 0 unspecified atom stereocenters. The van der Waals surface area contributed by atoms with E-state index in [0.29, 0.717) is 11.3 Å². The van der Waals surface area contributed by atoms with E-state index in [2.05, 4.69) is 30.3 Å². The molecular formula is C28H27NO. The Morgan fingerprint density at radius 3 is 1.63 bits per heavy atom. The Labute approximate surface area is 179 Å². The van der Waals surface area contributed by atoms with Crippen molar-refractivity contribution >= 4 is 5.57 Å². The minimum absolute atomic E-state index is 0.303. The minimum atomic E-state index is 0.303. The Kier molecular flexibility index (Phi) is 6.30. The third-order valence-electron chi connectivity index (χ3n) is 5.99. The summed E-state index contributed by atoms with van der Waals surface area (Å²) in [5.74, 6) is 0.303. The molecule has 1 saturated carbocycles. The summed E-state index contributed by atoms with van der Waals surface area (Å²) >= 11 is 0. The lowest BCUT2D eigenvalue weighted by Crippen LogP contribution is -1.99. The first-order valence-electron chi connectivity index (χ1n) is 10.9. The van der Waals surface area contributed by atoms with Gasteiger partial charge >= 0.3 is 0 Å². The van der Waals surface area contributed by atoms with Crippen molar-refractivity contribution in [3.63, 3.8) is 0 Å². The maximum atomic E-state index is 9.77. The lowest BCUT2D eigenvalue weighted by molar-refractivity contribution is 0.475. The van der Waals surface area contributed by atoms with E-state index in [-0.39, 0.29) is 0 Å². The molecule has 0 bridgehead atoms. The van der Waals surface area contributed by atoms with Gasteiger partial charge in [0.05, 0.1) is 11.6 Å². The largest absolute Gasteiger partial charge is 0.508 e. The number of phenolic OH excluding ortho intramolecular Hbond substituents is 1. The first kappa shape index (κ1) is 20.0. The van der Waals surface area contributed by atoms with Gasteiger partial charge in [-0.1, -0.05) is 73.4 Å². The van der Waals surface area contributed by atoms with Crippen LogP contribution in [0.1, 0.15) is 61.6 Å². The molecule has 30 heavy (non-hydrogen) atoms. The second kappa shape index (κ2) is 9.46. The molecule has 150 valence electrons. The Hall–Kier alpha value is -3.31. The van der Waals surface area contributed by atoms with Crippen LogP contribution in [-0.4, -0.2) is 5.11 Å². The van der Waals surface area contributed by atoms with Crippen molar-refractivity contribution in [2.45, 2.75) is 44.9 Å². The zero-order valence-corrected chi connectivity index (χ0v) is 17.3. The first-order valence-corrected chi connectivity index (χ1v) is 10.9. The molecule has 0 saturated heterocycles. The third-order valence-corrected chi connectivity index (χ3v) is 5.99. The predicted octanol–water partition coefficient (Wildman–Crippen LogP) is 7.48. The Bertz CT molecular complexity index is 1040. The van der Waals surface area contributed by atoms with E-state index in [1.165, 1.54) is 54.4 Å². The SMILES string of the molecule is N#Cc1ccc(-c2ccc(C(=C3CCCCCCC3)c3ccc(O)cc3)cc2)cc1. The zero-order chi connectivity index (χ0) is 20.8. The molecule has 2 heteroatoms. The number of nitriles is 1. The van der Waals surface area contributed by atoms with Crippen LogP contribution < -0.4 is 0 Å². The molecule has 1 N–H and O–H groups in total. The van der Waals surface area contributed by atoms with E-state index in [1.54, 1.807) is 12.1 Å². The minimum Gasteiger partial charge on any atom is -0.508 e. The fraction of sp³-hybridized carbons (Fsp3) is 0.250. The second-order valence-corrected chi connectivity index (χ2v) is 8.06. The predicted molar refractivity (Wildman–Crippen MR) is 123 cm³/mol. The lowest BCUT2D eigenvalue weighted by atomic mass is 9.86. The smallest absolute Gasteiger partial charge is 0.115 e. The third kappa shape index (κ3) is 4.63. The molecule has 1 aliphatic carbocycles. The summed E-state index contributed by atoms with van der Waals surface area (Å²) in [6.07, 6.45) is 8.76. The van der Waals surface area contributed by atoms with Crippen molar-refractivity contribution in [2.24, 2.45) is 0 Å². The first-order chi connectivity index (χ1) is 14.7. The van der Waals surface area contributed by atoms with Crippen LogP contribution in [0.25, 0.3) is 16.7 Å². The highest BCUT2D eigenvalue weighted by molar-refractivity contribution is 5.83. The van der Waals surface area contributed by atoms with Crippen LogP contribution in [0.15, 0.2) is 78.4 Å². The highest BCUT2D eigenvalue weighted by Crippen LogP contribution is 2.35. The van der Waals surface area contributed by atoms with E-state index in [9.17, 15) is 5.11 Å². The number of phenols is 1. The van der Waals surface area contributed by atoms with Gasteiger partial charge in [-0.25, -0.2) is 0 Å². The van der Waals surface area contributed by atoms with Crippen LogP contribution in [-0.2, 0) is 0 Å².